The molecule has 2 heterocycles. The molecule has 0 amide bonds. The van der Waals surface area contributed by atoms with Crippen LogP contribution in [-0.4, -0.2) is 38.3 Å². The Morgan fingerprint density at radius 3 is 2.69 bits per heavy atom. The number of non-ortho nitro benzene ring substituents is 1. The monoisotopic (exact) mass is 532 g/mol. The van der Waals surface area contributed by atoms with E-state index in [1.807, 2.05) is 0 Å². The van der Waals surface area contributed by atoms with Gasteiger partial charge in [-0.1, -0.05) is 23.2 Å². The van der Waals surface area contributed by atoms with Crippen molar-refractivity contribution in [3.05, 3.63) is 79.4 Å². The second-order valence-corrected chi connectivity index (χ2v) is 8.70. The van der Waals surface area contributed by atoms with E-state index in [9.17, 15) is 20.0 Å². The number of methoxy groups -OCH3 is 1. The van der Waals surface area contributed by atoms with E-state index >= 15 is 0 Å². The number of furan rings is 1. The van der Waals surface area contributed by atoms with Gasteiger partial charge in [-0.15, -0.1) is 5.10 Å². The Morgan fingerprint density at radius 1 is 1.20 bits per heavy atom. The van der Waals surface area contributed by atoms with Crippen LogP contribution in [0, 0.1) is 10.1 Å². The number of hydrogen-bond donors (Lipinski definition) is 2. The summed E-state index contributed by atoms with van der Waals surface area (Å²) in [5.41, 5.74) is 0.836. The number of aliphatic carboxylic acids is 1. The third-order valence-corrected chi connectivity index (χ3v) is 6.05. The van der Waals surface area contributed by atoms with Crippen LogP contribution < -0.4 is 4.74 Å². The molecule has 0 bridgehead atoms. The first-order valence-electron chi connectivity index (χ1n) is 9.68. The Balaban J connectivity index is 1.59. The number of ether oxygens (including phenoxy) is 1. The minimum absolute atomic E-state index is 0.107. The van der Waals surface area contributed by atoms with E-state index in [1.54, 1.807) is 30.3 Å². The summed E-state index contributed by atoms with van der Waals surface area (Å²) in [7, 11) is 1.51. The van der Waals surface area contributed by atoms with Gasteiger partial charge in [-0.2, -0.15) is 0 Å². The number of benzene rings is 2. The third kappa shape index (κ3) is 5.48. The van der Waals surface area contributed by atoms with Crippen LogP contribution in [0.4, 0.5) is 5.69 Å². The number of nitro benzene ring substituents is 1. The first kappa shape index (κ1) is 24.3. The van der Waals surface area contributed by atoms with Gasteiger partial charge in [0.25, 0.3) is 5.69 Å². The van der Waals surface area contributed by atoms with Crippen molar-refractivity contribution in [2.24, 2.45) is 0 Å². The third-order valence-electron chi connectivity index (χ3n) is 4.62. The van der Waals surface area contributed by atoms with Crippen molar-refractivity contribution in [1.82, 2.24) is 15.2 Å². The van der Waals surface area contributed by atoms with Gasteiger partial charge >= 0.3 is 5.97 Å². The highest BCUT2D eigenvalue weighted by Crippen LogP contribution is 2.35. The highest BCUT2D eigenvalue weighted by molar-refractivity contribution is 8.04. The molecule has 2 aromatic carbocycles. The number of aromatic nitrogens is 3. The van der Waals surface area contributed by atoms with Gasteiger partial charge in [0.2, 0.25) is 5.16 Å². The molecule has 2 aromatic heterocycles. The van der Waals surface area contributed by atoms with Crippen LogP contribution >= 0.6 is 35.0 Å². The number of carbonyl (C=O) groups is 1. The lowest BCUT2D eigenvalue weighted by Crippen LogP contribution is -1.97. The molecule has 0 aliphatic carbocycles. The van der Waals surface area contributed by atoms with Crippen molar-refractivity contribution in [1.29, 1.82) is 0 Å². The summed E-state index contributed by atoms with van der Waals surface area (Å²) in [6.07, 6.45) is 1.31. The van der Waals surface area contributed by atoms with E-state index in [4.69, 9.17) is 32.4 Å². The topological polar surface area (TPSA) is 144 Å². The second-order valence-electron chi connectivity index (χ2n) is 6.85. The quantitative estimate of drug-likeness (QED) is 0.117. The van der Waals surface area contributed by atoms with Gasteiger partial charge in [0.1, 0.15) is 22.2 Å². The van der Waals surface area contributed by atoms with Crippen molar-refractivity contribution in [2.75, 3.05) is 7.11 Å². The molecule has 0 saturated carbocycles. The molecule has 13 heteroatoms. The van der Waals surface area contributed by atoms with Crippen LogP contribution in [0.2, 0.25) is 10.0 Å². The normalized spacial score (nSPS) is 11.5. The molecule has 10 nitrogen and oxygen atoms in total. The molecule has 2 N–H and O–H groups in total. The minimum atomic E-state index is -1.21. The van der Waals surface area contributed by atoms with Crippen molar-refractivity contribution in [3.8, 4) is 28.5 Å². The van der Waals surface area contributed by atoms with Crippen molar-refractivity contribution in [2.45, 2.75) is 5.16 Å². The molecule has 0 unspecified atom stereocenters. The Morgan fingerprint density at radius 2 is 2.00 bits per heavy atom. The second kappa shape index (κ2) is 10.2. The number of aromatic amines is 1. The maximum atomic E-state index is 11.8. The molecule has 4 aromatic rings. The molecule has 35 heavy (non-hydrogen) atoms. The largest absolute Gasteiger partial charge is 0.496 e. The average Bonchev–Trinajstić information content (AvgIpc) is 3.48. The lowest BCUT2D eigenvalue weighted by molar-refractivity contribution is -0.384. The van der Waals surface area contributed by atoms with Gasteiger partial charge in [-0.3, -0.25) is 15.2 Å². The number of carboxylic acids is 1. The lowest BCUT2D eigenvalue weighted by atomic mass is 10.1. The zero-order valence-electron chi connectivity index (χ0n) is 17.7. The van der Waals surface area contributed by atoms with Gasteiger partial charge in [0.05, 0.1) is 22.6 Å². The number of nitrogens with zero attached hydrogens (tertiary/aromatic N) is 3. The molecule has 4 rings (SSSR count). The Kier molecular flexibility index (Phi) is 7.10. The first-order chi connectivity index (χ1) is 16.7. The number of carboxylic acid groups (broad SMARTS) is 1. The first-order valence-corrected chi connectivity index (χ1v) is 11.3. The summed E-state index contributed by atoms with van der Waals surface area (Å²) in [6.45, 7) is 0. The maximum absolute atomic E-state index is 11.8. The van der Waals surface area contributed by atoms with Crippen molar-refractivity contribution in [3.63, 3.8) is 0 Å². The molecular formula is C22H14Cl2N4O6S. The molecule has 0 radical (unpaired) electrons. The van der Waals surface area contributed by atoms with Crippen LogP contribution in [0.25, 0.3) is 28.8 Å². The SMILES string of the molecule is COc1ccc(Cl)cc1-c1nc(S/C(=C\c2ccc(-c3ccc([N+](=O)[O-])cc3Cl)o2)C(=O)O)n[nH]1. The summed E-state index contributed by atoms with van der Waals surface area (Å²) in [5.74, 6) is 0.201. The number of thioether (sulfide) groups is 1. The van der Waals surface area contributed by atoms with E-state index in [0.29, 0.717) is 33.5 Å². The molecular weight excluding hydrogens is 519 g/mol. The fourth-order valence-corrected chi connectivity index (χ4v) is 4.16. The summed E-state index contributed by atoms with van der Waals surface area (Å²) in [4.78, 5) is 26.4. The highest BCUT2D eigenvalue weighted by atomic mass is 35.5. The number of nitro groups is 1. The zero-order chi connectivity index (χ0) is 25.1. The van der Waals surface area contributed by atoms with Crippen LogP contribution in [-0.2, 0) is 4.79 Å². The standard InChI is InChI=1S/C22H14Cl2N4O6S/c1-33-17-6-2-11(23)8-15(17)20-25-22(27-26-20)35-19(21(29)30)10-13-4-7-18(34-13)14-5-3-12(28(31)32)9-16(14)24/h2-10H,1H3,(H,29,30)(H,25,26,27)/b19-10-. The van der Waals surface area contributed by atoms with Gasteiger partial charge in [0.15, 0.2) is 5.82 Å². The van der Waals surface area contributed by atoms with Gasteiger partial charge in [-0.25, -0.2) is 9.78 Å². The lowest BCUT2D eigenvalue weighted by Gasteiger charge is -2.05. The fraction of sp³-hybridized carbons (Fsp3) is 0.0455. The zero-order valence-corrected chi connectivity index (χ0v) is 20.0. The number of nitrogens with one attached hydrogen (secondary N) is 1. The number of halogens is 2. The Labute approximate surface area is 211 Å². The van der Waals surface area contributed by atoms with Gasteiger partial charge in [-0.05, 0) is 48.2 Å². The molecule has 0 spiro atoms. The Bertz CT molecular complexity index is 1470. The number of H-pyrrole nitrogens is 1. The summed E-state index contributed by atoms with van der Waals surface area (Å²) >= 11 is 13.0. The van der Waals surface area contributed by atoms with Crippen LogP contribution in [0.15, 0.2) is 63.0 Å². The Hall–Kier alpha value is -3.80. The molecule has 178 valence electrons. The highest BCUT2D eigenvalue weighted by Gasteiger charge is 2.18. The summed E-state index contributed by atoms with van der Waals surface area (Å²) < 4.78 is 11.0. The van der Waals surface area contributed by atoms with E-state index < -0.39 is 10.9 Å². The van der Waals surface area contributed by atoms with Crippen molar-refractivity contribution >= 4 is 52.7 Å². The smallest absolute Gasteiger partial charge is 0.342 e. The molecule has 0 saturated heterocycles. The van der Waals surface area contributed by atoms with E-state index in [0.717, 1.165) is 11.8 Å². The van der Waals surface area contributed by atoms with Crippen LogP contribution in [0.5, 0.6) is 5.75 Å². The van der Waals surface area contributed by atoms with Crippen LogP contribution in [0.3, 0.4) is 0 Å². The fourth-order valence-electron chi connectivity index (χ4n) is 3.03. The molecule has 0 aliphatic rings. The minimum Gasteiger partial charge on any atom is -0.496 e. The maximum Gasteiger partial charge on any atom is 0.342 e. The number of rotatable bonds is 8. The predicted molar refractivity (Wildman–Crippen MR) is 131 cm³/mol. The summed E-state index contributed by atoms with van der Waals surface area (Å²) in [6, 6.07) is 12.1. The van der Waals surface area contributed by atoms with E-state index in [1.165, 1.54) is 31.4 Å². The average molecular weight is 533 g/mol. The van der Waals surface area contributed by atoms with Gasteiger partial charge in [0, 0.05) is 28.8 Å². The molecule has 0 aliphatic heterocycles. The van der Waals surface area contributed by atoms with Crippen molar-refractivity contribution < 1.29 is 24.0 Å². The predicted octanol–water partition coefficient (Wildman–Crippen LogP) is 6.17. The molecule has 0 fully saturated rings. The van der Waals surface area contributed by atoms with E-state index in [2.05, 4.69) is 15.2 Å². The van der Waals surface area contributed by atoms with Gasteiger partial charge < -0.3 is 14.3 Å². The van der Waals surface area contributed by atoms with Crippen LogP contribution in [0.1, 0.15) is 5.76 Å². The molecule has 0 atom stereocenters. The number of hydrogen-bond acceptors (Lipinski definition) is 8. The summed E-state index contributed by atoms with van der Waals surface area (Å²) in [5, 5.41) is 28.1. The van der Waals surface area contributed by atoms with E-state index in [-0.39, 0.29) is 26.5 Å².